The van der Waals surface area contributed by atoms with E-state index >= 15 is 0 Å². The smallest absolute Gasteiger partial charge is 0.325 e. The van der Waals surface area contributed by atoms with Gasteiger partial charge in [0.2, 0.25) is 0 Å². The van der Waals surface area contributed by atoms with Gasteiger partial charge in [-0.15, -0.1) is 0 Å². The summed E-state index contributed by atoms with van der Waals surface area (Å²) >= 11 is 0. The molecule has 1 aromatic carbocycles. The molecule has 0 saturated carbocycles. The van der Waals surface area contributed by atoms with E-state index in [-0.39, 0.29) is 30.3 Å². The number of benzene rings is 1. The van der Waals surface area contributed by atoms with Crippen molar-refractivity contribution in [3.05, 3.63) is 65.0 Å². The Bertz CT molecular complexity index is 1070. The molecule has 7 heteroatoms. The second-order valence-electron chi connectivity index (χ2n) is 10.5. The van der Waals surface area contributed by atoms with Crippen molar-refractivity contribution in [3.8, 4) is 0 Å². The fraction of sp³-hybridized carbons (Fsp3) is 0.500. The van der Waals surface area contributed by atoms with Crippen LogP contribution in [0.1, 0.15) is 66.7 Å². The highest BCUT2D eigenvalue weighted by atomic mass is 16.2. The highest BCUT2D eigenvalue weighted by molar-refractivity contribution is 6.07. The van der Waals surface area contributed by atoms with E-state index in [4.69, 9.17) is 0 Å². The Hall–Kier alpha value is -3.22. The maximum atomic E-state index is 13.8. The molecule has 3 heterocycles. The first-order chi connectivity index (χ1) is 16.7. The summed E-state index contributed by atoms with van der Waals surface area (Å²) in [6.07, 6.45) is 4.47. The molecule has 2 aromatic rings. The lowest BCUT2D eigenvalue weighted by molar-refractivity contribution is -0.134. The van der Waals surface area contributed by atoms with Gasteiger partial charge in [-0.1, -0.05) is 37.1 Å². The number of hydrogen-bond donors (Lipinski definition) is 1. The number of aryl methyl sites for hydroxylation is 2. The molecule has 0 bridgehead atoms. The molecular weight excluding hydrogens is 440 g/mol. The number of likely N-dealkylation sites (tertiary alicyclic amines) is 1. The van der Waals surface area contributed by atoms with Crippen LogP contribution >= 0.6 is 0 Å². The zero-order chi connectivity index (χ0) is 25.2. The first-order valence-corrected chi connectivity index (χ1v) is 12.6. The summed E-state index contributed by atoms with van der Waals surface area (Å²) < 4.78 is 0. The van der Waals surface area contributed by atoms with E-state index in [1.807, 2.05) is 49.1 Å². The second kappa shape index (κ2) is 10.2. The van der Waals surface area contributed by atoms with Gasteiger partial charge in [-0.3, -0.25) is 19.5 Å². The van der Waals surface area contributed by atoms with Crippen molar-refractivity contribution >= 4 is 17.8 Å². The Labute approximate surface area is 207 Å². The van der Waals surface area contributed by atoms with E-state index in [0.717, 1.165) is 17.5 Å². The minimum absolute atomic E-state index is 0.0188. The number of aromatic nitrogens is 1. The topological polar surface area (TPSA) is 82.6 Å². The predicted octanol–water partition coefficient (Wildman–Crippen LogP) is 4.48. The molecule has 0 radical (unpaired) electrons. The van der Waals surface area contributed by atoms with Crippen molar-refractivity contribution in [2.75, 3.05) is 13.1 Å². The van der Waals surface area contributed by atoms with Gasteiger partial charge in [-0.2, -0.15) is 0 Å². The standard InChI is InChI=1S/C28H36N4O3/c1-19(2)8-11-28(26(34)32(27(35)30-28)18-24-7-5-6-12-29-24)23-9-13-31(14-10-23)25(33)22-16-20(3)15-21(4)17-22/h5-7,12,15-17,19,23H,8-11,13-14,18H2,1-4H3,(H,30,35)/t28-/m1/s1. The van der Waals surface area contributed by atoms with Gasteiger partial charge in [-0.25, -0.2) is 4.79 Å². The second-order valence-corrected chi connectivity index (χ2v) is 10.5. The molecule has 4 rings (SSSR count). The van der Waals surface area contributed by atoms with E-state index in [0.29, 0.717) is 49.5 Å². The number of carbonyl (C=O) groups excluding carboxylic acids is 3. The van der Waals surface area contributed by atoms with Crippen LogP contribution in [0, 0.1) is 25.7 Å². The van der Waals surface area contributed by atoms with Crippen molar-refractivity contribution in [2.45, 2.75) is 65.5 Å². The molecule has 0 unspecified atom stereocenters. The molecule has 1 N–H and O–H groups in total. The van der Waals surface area contributed by atoms with E-state index < -0.39 is 5.54 Å². The Kier molecular flexibility index (Phi) is 7.24. The van der Waals surface area contributed by atoms with Gasteiger partial charge in [0, 0.05) is 24.8 Å². The minimum Gasteiger partial charge on any atom is -0.339 e. The molecule has 35 heavy (non-hydrogen) atoms. The summed E-state index contributed by atoms with van der Waals surface area (Å²) in [4.78, 5) is 47.5. The third-order valence-electron chi connectivity index (χ3n) is 7.31. The quantitative estimate of drug-likeness (QED) is 0.598. The number of rotatable bonds is 7. The fourth-order valence-electron chi connectivity index (χ4n) is 5.46. The number of amides is 4. The van der Waals surface area contributed by atoms with Crippen molar-refractivity contribution in [1.29, 1.82) is 0 Å². The number of imide groups is 1. The third kappa shape index (κ3) is 5.24. The molecule has 1 aromatic heterocycles. The first-order valence-electron chi connectivity index (χ1n) is 12.6. The summed E-state index contributed by atoms with van der Waals surface area (Å²) in [7, 11) is 0. The predicted molar refractivity (Wildman–Crippen MR) is 135 cm³/mol. The summed E-state index contributed by atoms with van der Waals surface area (Å²) in [5, 5.41) is 3.11. The monoisotopic (exact) mass is 476 g/mol. The average molecular weight is 477 g/mol. The summed E-state index contributed by atoms with van der Waals surface area (Å²) in [6, 6.07) is 11.1. The van der Waals surface area contributed by atoms with Crippen LogP contribution in [0.3, 0.4) is 0 Å². The number of nitrogens with one attached hydrogen (secondary N) is 1. The molecule has 2 aliphatic heterocycles. The van der Waals surface area contributed by atoms with Crippen molar-refractivity contribution < 1.29 is 14.4 Å². The van der Waals surface area contributed by atoms with E-state index in [2.05, 4.69) is 30.2 Å². The summed E-state index contributed by atoms with van der Waals surface area (Å²) in [5.41, 5.74) is 2.61. The summed E-state index contributed by atoms with van der Waals surface area (Å²) in [5.74, 6) is 0.264. The largest absolute Gasteiger partial charge is 0.339 e. The Morgan fingerprint density at radius 1 is 1.11 bits per heavy atom. The molecule has 4 amide bonds. The molecule has 1 atom stereocenters. The number of pyridine rings is 1. The molecule has 2 saturated heterocycles. The lowest BCUT2D eigenvalue weighted by atomic mass is 9.73. The van der Waals surface area contributed by atoms with Crippen LogP contribution in [0.2, 0.25) is 0 Å². The number of carbonyl (C=O) groups is 3. The zero-order valence-corrected chi connectivity index (χ0v) is 21.2. The normalized spacial score (nSPS) is 21.1. The highest BCUT2D eigenvalue weighted by Gasteiger charge is 2.55. The first kappa shape index (κ1) is 24.9. The van der Waals surface area contributed by atoms with Gasteiger partial charge in [0.05, 0.1) is 12.2 Å². The van der Waals surface area contributed by atoms with Crippen LogP contribution in [-0.2, 0) is 11.3 Å². The minimum atomic E-state index is -0.925. The third-order valence-corrected chi connectivity index (χ3v) is 7.31. The number of urea groups is 1. The zero-order valence-electron chi connectivity index (χ0n) is 21.2. The van der Waals surface area contributed by atoms with E-state index in [9.17, 15) is 14.4 Å². The highest BCUT2D eigenvalue weighted by Crippen LogP contribution is 2.38. The molecular formula is C28H36N4O3. The Morgan fingerprint density at radius 3 is 2.40 bits per heavy atom. The van der Waals surface area contributed by atoms with Crippen LogP contribution in [0.5, 0.6) is 0 Å². The lowest BCUT2D eigenvalue weighted by Crippen LogP contribution is -2.56. The molecule has 0 aliphatic carbocycles. The van der Waals surface area contributed by atoms with Gasteiger partial charge in [0.15, 0.2) is 0 Å². The molecule has 2 aliphatic rings. The van der Waals surface area contributed by atoms with Crippen LogP contribution in [0.15, 0.2) is 42.6 Å². The van der Waals surface area contributed by atoms with Gasteiger partial charge < -0.3 is 10.2 Å². The van der Waals surface area contributed by atoms with Gasteiger partial charge in [-0.05, 0) is 75.6 Å². The fourth-order valence-corrected chi connectivity index (χ4v) is 5.46. The van der Waals surface area contributed by atoms with Crippen LogP contribution in [-0.4, -0.2) is 51.3 Å². The Morgan fingerprint density at radius 2 is 1.80 bits per heavy atom. The van der Waals surface area contributed by atoms with Crippen LogP contribution in [0.4, 0.5) is 4.79 Å². The Balaban J connectivity index is 1.51. The lowest BCUT2D eigenvalue weighted by Gasteiger charge is -2.41. The number of piperidine rings is 1. The van der Waals surface area contributed by atoms with Gasteiger partial charge in [0.25, 0.3) is 11.8 Å². The van der Waals surface area contributed by atoms with Crippen molar-refractivity contribution in [3.63, 3.8) is 0 Å². The number of hydrogen-bond acceptors (Lipinski definition) is 4. The van der Waals surface area contributed by atoms with Crippen molar-refractivity contribution in [2.24, 2.45) is 11.8 Å². The maximum absolute atomic E-state index is 13.8. The van der Waals surface area contributed by atoms with Crippen LogP contribution < -0.4 is 5.32 Å². The molecule has 7 nitrogen and oxygen atoms in total. The SMILES string of the molecule is Cc1cc(C)cc(C(=O)N2CCC([C@@]3(CCC(C)C)NC(=O)N(Cc4ccccn4)C3=O)CC2)c1. The van der Waals surface area contributed by atoms with Gasteiger partial charge in [0.1, 0.15) is 5.54 Å². The maximum Gasteiger partial charge on any atom is 0.325 e. The number of nitrogens with zero attached hydrogens (tertiary/aromatic N) is 3. The van der Waals surface area contributed by atoms with Crippen LogP contribution in [0.25, 0.3) is 0 Å². The molecule has 0 spiro atoms. The van der Waals surface area contributed by atoms with Crippen molar-refractivity contribution in [1.82, 2.24) is 20.1 Å². The molecule has 2 fully saturated rings. The summed E-state index contributed by atoms with van der Waals surface area (Å²) in [6.45, 7) is 9.57. The average Bonchev–Trinajstić information content (AvgIpc) is 3.07. The van der Waals surface area contributed by atoms with E-state index in [1.165, 1.54) is 4.90 Å². The van der Waals surface area contributed by atoms with Gasteiger partial charge >= 0.3 is 6.03 Å². The molecule has 186 valence electrons. The van der Waals surface area contributed by atoms with E-state index in [1.54, 1.807) is 6.20 Å².